The van der Waals surface area contributed by atoms with Crippen LogP contribution in [0.15, 0.2) is 67.3 Å². The van der Waals surface area contributed by atoms with Crippen LogP contribution in [0, 0.1) is 0 Å². The molecule has 126 valence electrons. The Bertz CT molecular complexity index is 782. The molecule has 3 nitrogen and oxygen atoms in total. The van der Waals surface area contributed by atoms with Gasteiger partial charge in [0.1, 0.15) is 11.7 Å². The molecule has 1 aliphatic rings. The first kappa shape index (κ1) is 16.9. The highest BCUT2D eigenvalue weighted by atomic mass is 16.5. The van der Waals surface area contributed by atoms with Crippen LogP contribution in [0.2, 0.25) is 0 Å². The van der Waals surface area contributed by atoms with E-state index in [9.17, 15) is 10.2 Å². The van der Waals surface area contributed by atoms with Crippen molar-refractivity contribution in [2.24, 2.45) is 0 Å². The Kier molecular flexibility index (Phi) is 4.35. The summed E-state index contributed by atoms with van der Waals surface area (Å²) in [5.74, 6) is 0. The fourth-order valence-electron chi connectivity index (χ4n) is 3.92. The molecule has 1 aliphatic carbocycles. The average Bonchev–Trinajstić information content (AvgIpc) is 2.58. The number of fused-ring (bicyclic) bond motifs is 1. The van der Waals surface area contributed by atoms with Gasteiger partial charge in [-0.3, -0.25) is 0 Å². The van der Waals surface area contributed by atoms with Gasteiger partial charge in [0, 0.05) is 13.5 Å². The van der Waals surface area contributed by atoms with Gasteiger partial charge in [-0.25, -0.2) is 0 Å². The third-order valence-electron chi connectivity index (χ3n) is 5.10. The first-order valence-electron chi connectivity index (χ1n) is 8.17. The number of aliphatic hydroxyl groups is 2. The molecule has 0 heterocycles. The van der Waals surface area contributed by atoms with Crippen LogP contribution in [0.1, 0.15) is 24.8 Å². The molecule has 0 aliphatic heterocycles. The molecule has 0 radical (unpaired) electrons. The SMILES string of the molecule is C=CC[C@@]1(O)CC(=C)[C@H](O)[C@@](OC)(c2ccc3ccccc3c2)C1. The molecule has 2 aromatic rings. The minimum Gasteiger partial charge on any atom is -0.389 e. The number of aliphatic hydroxyl groups excluding tert-OH is 1. The zero-order chi connectivity index (χ0) is 17.4. The van der Waals surface area contributed by atoms with Crippen molar-refractivity contribution in [3.8, 4) is 0 Å². The van der Waals surface area contributed by atoms with E-state index in [1.807, 2.05) is 42.5 Å². The lowest BCUT2D eigenvalue weighted by atomic mass is 9.67. The van der Waals surface area contributed by atoms with Crippen LogP contribution in [0.5, 0.6) is 0 Å². The van der Waals surface area contributed by atoms with Gasteiger partial charge >= 0.3 is 0 Å². The fraction of sp³-hybridized carbons (Fsp3) is 0.333. The molecule has 0 bridgehead atoms. The number of benzene rings is 2. The maximum Gasteiger partial charge on any atom is 0.125 e. The largest absolute Gasteiger partial charge is 0.389 e. The number of hydrogen-bond acceptors (Lipinski definition) is 3. The van der Waals surface area contributed by atoms with Crippen molar-refractivity contribution in [1.29, 1.82) is 0 Å². The Morgan fingerprint density at radius 2 is 1.96 bits per heavy atom. The summed E-state index contributed by atoms with van der Waals surface area (Å²) >= 11 is 0. The van der Waals surface area contributed by atoms with E-state index in [0.717, 1.165) is 16.3 Å². The van der Waals surface area contributed by atoms with Gasteiger partial charge in [0.25, 0.3) is 0 Å². The third kappa shape index (κ3) is 2.69. The summed E-state index contributed by atoms with van der Waals surface area (Å²) in [6.07, 6.45) is 1.90. The van der Waals surface area contributed by atoms with Gasteiger partial charge in [0.05, 0.1) is 5.60 Å². The predicted molar refractivity (Wildman–Crippen MR) is 96.8 cm³/mol. The molecule has 1 saturated carbocycles. The minimum atomic E-state index is -1.02. The highest BCUT2D eigenvalue weighted by molar-refractivity contribution is 5.83. The Morgan fingerprint density at radius 3 is 2.62 bits per heavy atom. The van der Waals surface area contributed by atoms with E-state index in [0.29, 0.717) is 24.8 Å². The summed E-state index contributed by atoms with van der Waals surface area (Å²) in [6, 6.07) is 14.0. The molecule has 0 aromatic heterocycles. The van der Waals surface area contributed by atoms with E-state index in [4.69, 9.17) is 4.74 Å². The smallest absolute Gasteiger partial charge is 0.125 e. The fourth-order valence-corrected chi connectivity index (χ4v) is 3.92. The Labute approximate surface area is 142 Å². The van der Waals surface area contributed by atoms with Crippen molar-refractivity contribution >= 4 is 10.8 Å². The summed E-state index contributed by atoms with van der Waals surface area (Å²) in [5, 5.41) is 24.0. The summed E-state index contributed by atoms with van der Waals surface area (Å²) in [6.45, 7) is 7.72. The number of ether oxygens (including phenoxy) is 1. The molecule has 3 atom stereocenters. The molecule has 0 saturated heterocycles. The zero-order valence-corrected chi connectivity index (χ0v) is 14.0. The Hall–Kier alpha value is -1.94. The maximum atomic E-state index is 11.0. The van der Waals surface area contributed by atoms with Crippen molar-refractivity contribution in [1.82, 2.24) is 0 Å². The molecule has 2 aromatic carbocycles. The van der Waals surface area contributed by atoms with Gasteiger partial charge in [-0.2, -0.15) is 0 Å². The van der Waals surface area contributed by atoms with Gasteiger partial charge in [-0.1, -0.05) is 49.1 Å². The standard InChI is InChI=1S/C21H24O3/c1-4-11-20(23)13-15(2)19(22)21(14-20,24-3)18-10-9-16-7-5-6-8-17(16)12-18/h4-10,12,19,22-23H,1-2,11,13-14H2,3H3/t19-,20+,21-/m0/s1. The molecular formula is C21H24O3. The molecule has 3 heteroatoms. The Morgan fingerprint density at radius 1 is 1.25 bits per heavy atom. The Balaban J connectivity index is 2.13. The van der Waals surface area contributed by atoms with Gasteiger partial charge in [-0.05, 0) is 40.8 Å². The lowest BCUT2D eigenvalue weighted by molar-refractivity contribution is -0.161. The average molecular weight is 324 g/mol. The number of methoxy groups -OCH3 is 1. The van der Waals surface area contributed by atoms with Gasteiger partial charge in [0.15, 0.2) is 0 Å². The molecule has 3 rings (SSSR count). The highest BCUT2D eigenvalue weighted by Gasteiger charge is 2.52. The topological polar surface area (TPSA) is 49.7 Å². The van der Waals surface area contributed by atoms with Crippen LogP contribution >= 0.6 is 0 Å². The summed E-state index contributed by atoms with van der Waals surface area (Å²) < 4.78 is 5.83. The van der Waals surface area contributed by atoms with Crippen molar-refractivity contribution in [3.05, 3.63) is 72.8 Å². The van der Waals surface area contributed by atoms with E-state index in [2.05, 4.69) is 13.2 Å². The zero-order valence-electron chi connectivity index (χ0n) is 14.0. The van der Waals surface area contributed by atoms with Crippen molar-refractivity contribution in [2.45, 2.75) is 36.6 Å². The summed E-state index contributed by atoms with van der Waals surface area (Å²) in [7, 11) is 1.57. The van der Waals surface area contributed by atoms with Crippen LogP contribution in [-0.2, 0) is 10.3 Å². The normalized spacial score (nSPS) is 30.5. The monoisotopic (exact) mass is 324 g/mol. The second kappa shape index (κ2) is 6.17. The number of rotatable bonds is 4. The second-order valence-corrected chi connectivity index (χ2v) is 6.79. The van der Waals surface area contributed by atoms with E-state index >= 15 is 0 Å². The first-order chi connectivity index (χ1) is 11.4. The van der Waals surface area contributed by atoms with Crippen LogP contribution in [0.25, 0.3) is 10.8 Å². The predicted octanol–water partition coefficient (Wildman–Crippen LogP) is 3.70. The first-order valence-corrected chi connectivity index (χ1v) is 8.17. The molecule has 2 N–H and O–H groups in total. The van der Waals surface area contributed by atoms with Crippen molar-refractivity contribution in [2.75, 3.05) is 7.11 Å². The molecule has 0 unspecified atom stereocenters. The van der Waals surface area contributed by atoms with Crippen LogP contribution in [-0.4, -0.2) is 29.0 Å². The van der Waals surface area contributed by atoms with Gasteiger partial charge in [-0.15, -0.1) is 6.58 Å². The van der Waals surface area contributed by atoms with Crippen LogP contribution in [0.4, 0.5) is 0 Å². The van der Waals surface area contributed by atoms with Crippen molar-refractivity contribution < 1.29 is 14.9 Å². The third-order valence-corrected chi connectivity index (χ3v) is 5.10. The summed E-state index contributed by atoms with van der Waals surface area (Å²) in [5.41, 5.74) is -0.600. The van der Waals surface area contributed by atoms with Crippen LogP contribution in [0.3, 0.4) is 0 Å². The molecular weight excluding hydrogens is 300 g/mol. The molecule has 0 amide bonds. The molecule has 1 fully saturated rings. The summed E-state index contributed by atoms with van der Waals surface area (Å²) in [4.78, 5) is 0. The van der Waals surface area contributed by atoms with E-state index in [1.54, 1.807) is 13.2 Å². The lowest BCUT2D eigenvalue weighted by Gasteiger charge is -2.48. The maximum absolute atomic E-state index is 11.0. The highest BCUT2D eigenvalue weighted by Crippen LogP contribution is 2.48. The van der Waals surface area contributed by atoms with Crippen molar-refractivity contribution in [3.63, 3.8) is 0 Å². The number of hydrogen-bond donors (Lipinski definition) is 2. The molecule has 0 spiro atoms. The van der Waals surface area contributed by atoms with E-state index < -0.39 is 17.3 Å². The van der Waals surface area contributed by atoms with Crippen LogP contribution < -0.4 is 0 Å². The molecule has 24 heavy (non-hydrogen) atoms. The minimum absolute atomic E-state index is 0.293. The van der Waals surface area contributed by atoms with Gasteiger partial charge < -0.3 is 14.9 Å². The lowest BCUT2D eigenvalue weighted by Crippen LogP contribution is -2.54. The second-order valence-electron chi connectivity index (χ2n) is 6.79. The quantitative estimate of drug-likeness (QED) is 0.843. The van der Waals surface area contributed by atoms with E-state index in [1.165, 1.54) is 0 Å². The van der Waals surface area contributed by atoms with Gasteiger partial charge in [0.2, 0.25) is 0 Å². The van der Waals surface area contributed by atoms with E-state index in [-0.39, 0.29) is 0 Å².